The van der Waals surface area contributed by atoms with Gasteiger partial charge in [0.15, 0.2) is 11.5 Å². The molecule has 1 heterocycles. The van der Waals surface area contributed by atoms with Gasteiger partial charge in [0, 0.05) is 23.3 Å². The van der Waals surface area contributed by atoms with Crippen LogP contribution in [0.1, 0.15) is 11.1 Å². The Kier molecular flexibility index (Phi) is 8.35. The van der Waals surface area contributed by atoms with Crippen molar-refractivity contribution in [2.75, 3.05) is 19.4 Å². The van der Waals surface area contributed by atoms with Gasteiger partial charge in [0.05, 0.1) is 12.8 Å². The first kappa shape index (κ1) is 23.3. The lowest BCUT2D eigenvalue weighted by molar-refractivity contribution is 0.284. The van der Waals surface area contributed by atoms with E-state index in [1.807, 2.05) is 72.8 Å². The van der Waals surface area contributed by atoms with Crippen molar-refractivity contribution in [3.05, 3.63) is 88.4 Å². The van der Waals surface area contributed by atoms with Gasteiger partial charge in [-0.1, -0.05) is 76.2 Å². The minimum atomic E-state index is 0.487. The number of hydrogen-bond donors (Lipinski definition) is 1. The summed E-state index contributed by atoms with van der Waals surface area (Å²) in [6.07, 6.45) is 0. The van der Waals surface area contributed by atoms with Crippen molar-refractivity contribution in [2.24, 2.45) is 0 Å². The van der Waals surface area contributed by atoms with Crippen LogP contribution < -0.4 is 14.8 Å². The van der Waals surface area contributed by atoms with Gasteiger partial charge >= 0.3 is 0 Å². The number of tetrazole rings is 1. The zero-order valence-corrected chi connectivity index (χ0v) is 20.6. The second-order valence-electron chi connectivity index (χ2n) is 7.10. The first-order valence-electron chi connectivity index (χ1n) is 10.4. The molecule has 3 aromatic carbocycles. The molecule has 0 unspecified atom stereocenters. The minimum Gasteiger partial charge on any atom is -0.493 e. The van der Waals surface area contributed by atoms with E-state index in [-0.39, 0.29) is 0 Å². The molecule has 4 aromatic rings. The van der Waals surface area contributed by atoms with Crippen LogP contribution in [0.4, 0.5) is 0 Å². The molecule has 170 valence electrons. The molecule has 0 aliphatic rings. The highest BCUT2D eigenvalue weighted by Crippen LogP contribution is 2.34. The van der Waals surface area contributed by atoms with E-state index >= 15 is 0 Å². The molecule has 0 aliphatic heterocycles. The maximum absolute atomic E-state index is 5.98. The van der Waals surface area contributed by atoms with Gasteiger partial charge in [-0.2, -0.15) is 4.68 Å². The average molecular weight is 526 g/mol. The van der Waals surface area contributed by atoms with Crippen molar-refractivity contribution in [2.45, 2.75) is 18.3 Å². The molecule has 7 nitrogen and oxygen atoms in total. The zero-order valence-electron chi connectivity index (χ0n) is 18.1. The highest BCUT2D eigenvalue weighted by atomic mass is 79.9. The molecule has 0 aliphatic carbocycles. The van der Waals surface area contributed by atoms with Crippen LogP contribution in [-0.2, 0) is 13.2 Å². The molecule has 1 aromatic heterocycles. The minimum absolute atomic E-state index is 0.487. The number of nitrogens with zero attached hydrogens (tertiary/aromatic N) is 4. The SMILES string of the molecule is COc1cc(CNCCSc2nnnn2-c2ccccc2)c(Br)cc1OCc1ccccc1. The van der Waals surface area contributed by atoms with E-state index in [1.165, 1.54) is 0 Å². The van der Waals surface area contributed by atoms with Crippen LogP contribution in [0, 0.1) is 0 Å². The van der Waals surface area contributed by atoms with Crippen molar-refractivity contribution in [3.63, 3.8) is 0 Å². The summed E-state index contributed by atoms with van der Waals surface area (Å²) in [6.45, 7) is 1.98. The zero-order chi connectivity index (χ0) is 22.9. The Hall–Kier alpha value is -2.88. The number of thioether (sulfide) groups is 1. The summed E-state index contributed by atoms with van der Waals surface area (Å²) >= 11 is 5.27. The Labute approximate surface area is 205 Å². The number of hydrogen-bond acceptors (Lipinski definition) is 7. The number of ether oxygens (including phenoxy) is 2. The largest absolute Gasteiger partial charge is 0.493 e. The Morgan fingerprint density at radius 1 is 1.00 bits per heavy atom. The van der Waals surface area contributed by atoms with Crippen LogP contribution in [0.3, 0.4) is 0 Å². The molecular formula is C24H24BrN5O2S. The van der Waals surface area contributed by atoms with Crippen molar-refractivity contribution in [1.82, 2.24) is 25.5 Å². The number of para-hydroxylation sites is 1. The van der Waals surface area contributed by atoms with Gasteiger partial charge in [-0.05, 0) is 45.8 Å². The Morgan fingerprint density at radius 2 is 1.76 bits per heavy atom. The predicted octanol–water partition coefficient (Wildman–Crippen LogP) is 4.89. The Balaban J connectivity index is 1.29. The van der Waals surface area contributed by atoms with E-state index in [0.29, 0.717) is 24.7 Å². The molecule has 9 heteroatoms. The molecule has 0 radical (unpaired) electrons. The summed E-state index contributed by atoms with van der Waals surface area (Å²) in [5.41, 5.74) is 3.15. The Morgan fingerprint density at radius 3 is 2.52 bits per heavy atom. The number of benzene rings is 3. The lowest BCUT2D eigenvalue weighted by Gasteiger charge is -2.14. The lowest BCUT2D eigenvalue weighted by Crippen LogP contribution is -2.17. The third-order valence-corrected chi connectivity index (χ3v) is 6.50. The summed E-state index contributed by atoms with van der Waals surface area (Å²) in [5, 5.41) is 16.3. The predicted molar refractivity (Wildman–Crippen MR) is 133 cm³/mol. The van der Waals surface area contributed by atoms with Gasteiger partial charge in [0.2, 0.25) is 5.16 Å². The van der Waals surface area contributed by atoms with E-state index in [2.05, 4.69) is 36.8 Å². The van der Waals surface area contributed by atoms with E-state index in [0.717, 1.165) is 38.7 Å². The standard InChI is InChI=1S/C24H24BrN5O2S/c1-31-22-14-19(21(25)15-23(22)32-17-18-8-4-2-5-9-18)16-26-12-13-33-24-27-28-29-30(24)20-10-6-3-7-11-20/h2-11,14-15,26H,12-13,16-17H2,1H3. The van der Waals surface area contributed by atoms with Crippen molar-refractivity contribution in [3.8, 4) is 17.2 Å². The average Bonchev–Trinajstić information content (AvgIpc) is 3.33. The summed E-state index contributed by atoms with van der Waals surface area (Å²) in [5.74, 6) is 2.25. The quantitative estimate of drug-likeness (QED) is 0.220. The van der Waals surface area contributed by atoms with E-state index in [4.69, 9.17) is 9.47 Å². The summed E-state index contributed by atoms with van der Waals surface area (Å²) in [6, 6.07) is 23.9. The molecule has 0 bridgehead atoms. The molecule has 1 N–H and O–H groups in total. The normalized spacial score (nSPS) is 10.8. The Bertz CT molecular complexity index is 1160. The number of methoxy groups -OCH3 is 1. The third-order valence-electron chi connectivity index (χ3n) is 4.84. The summed E-state index contributed by atoms with van der Waals surface area (Å²) in [4.78, 5) is 0. The lowest BCUT2D eigenvalue weighted by atomic mass is 10.2. The number of nitrogens with one attached hydrogen (secondary N) is 1. The highest BCUT2D eigenvalue weighted by molar-refractivity contribution is 9.10. The molecule has 0 amide bonds. The van der Waals surface area contributed by atoms with Gasteiger partial charge in [-0.25, -0.2) is 0 Å². The van der Waals surface area contributed by atoms with Gasteiger partial charge in [-0.15, -0.1) is 5.10 Å². The number of aromatic nitrogens is 4. The monoisotopic (exact) mass is 525 g/mol. The topological polar surface area (TPSA) is 74.1 Å². The summed E-state index contributed by atoms with van der Waals surface area (Å²) in [7, 11) is 1.66. The second-order valence-corrected chi connectivity index (χ2v) is 9.02. The van der Waals surface area contributed by atoms with Gasteiger partial charge in [0.25, 0.3) is 0 Å². The van der Waals surface area contributed by atoms with Gasteiger partial charge in [0.1, 0.15) is 6.61 Å². The number of rotatable bonds is 11. The van der Waals surface area contributed by atoms with E-state index < -0.39 is 0 Å². The molecule has 0 atom stereocenters. The fraction of sp³-hybridized carbons (Fsp3) is 0.208. The van der Waals surface area contributed by atoms with Crippen molar-refractivity contribution >= 4 is 27.7 Å². The molecular weight excluding hydrogens is 502 g/mol. The fourth-order valence-electron chi connectivity index (χ4n) is 3.16. The maximum atomic E-state index is 5.98. The maximum Gasteiger partial charge on any atom is 0.214 e. The molecule has 0 saturated carbocycles. The van der Waals surface area contributed by atoms with Crippen LogP contribution >= 0.6 is 27.7 Å². The molecule has 0 fully saturated rings. The van der Waals surface area contributed by atoms with Crippen LogP contribution in [-0.4, -0.2) is 39.6 Å². The van der Waals surface area contributed by atoms with Gasteiger partial charge < -0.3 is 14.8 Å². The first-order valence-corrected chi connectivity index (χ1v) is 12.2. The first-order chi connectivity index (χ1) is 16.2. The van der Waals surface area contributed by atoms with Crippen LogP contribution in [0.15, 0.2) is 82.4 Å². The van der Waals surface area contributed by atoms with Crippen molar-refractivity contribution in [1.29, 1.82) is 0 Å². The molecule has 33 heavy (non-hydrogen) atoms. The van der Waals surface area contributed by atoms with E-state index in [9.17, 15) is 0 Å². The molecule has 4 rings (SSSR count). The van der Waals surface area contributed by atoms with Gasteiger partial charge in [-0.3, -0.25) is 0 Å². The fourth-order valence-corrected chi connectivity index (χ4v) is 4.41. The van der Waals surface area contributed by atoms with E-state index in [1.54, 1.807) is 23.6 Å². The van der Waals surface area contributed by atoms with Crippen molar-refractivity contribution < 1.29 is 9.47 Å². The second kappa shape index (κ2) is 11.8. The molecule has 0 spiro atoms. The molecule has 0 saturated heterocycles. The van der Waals surface area contributed by atoms with Crippen LogP contribution in [0.2, 0.25) is 0 Å². The smallest absolute Gasteiger partial charge is 0.214 e. The number of halogens is 1. The third kappa shape index (κ3) is 6.34. The van der Waals surface area contributed by atoms with Crippen LogP contribution in [0.25, 0.3) is 5.69 Å². The van der Waals surface area contributed by atoms with Crippen LogP contribution in [0.5, 0.6) is 11.5 Å². The highest BCUT2D eigenvalue weighted by Gasteiger charge is 2.12. The summed E-state index contributed by atoms with van der Waals surface area (Å²) < 4.78 is 14.3.